The lowest BCUT2D eigenvalue weighted by atomic mass is 10.0. The Morgan fingerprint density at radius 1 is 1.19 bits per heavy atom. The van der Waals surface area contributed by atoms with E-state index in [-0.39, 0.29) is 17.2 Å². The summed E-state index contributed by atoms with van der Waals surface area (Å²) in [7, 11) is -2.01. The second-order valence-electron chi connectivity index (χ2n) is 6.11. The Hall–Kier alpha value is -3.17. The number of primary sulfonamides is 1. The zero-order chi connectivity index (χ0) is 19.2. The van der Waals surface area contributed by atoms with Crippen molar-refractivity contribution >= 4 is 21.6 Å². The van der Waals surface area contributed by atoms with E-state index in [1.807, 2.05) is 24.3 Å². The highest BCUT2D eigenvalue weighted by Gasteiger charge is 2.28. The Morgan fingerprint density at radius 3 is 2.59 bits per heavy atom. The van der Waals surface area contributed by atoms with Gasteiger partial charge in [0.05, 0.1) is 10.6 Å². The first-order chi connectivity index (χ1) is 12.8. The molecule has 0 aliphatic carbocycles. The fourth-order valence-electron chi connectivity index (χ4n) is 3.08. The second kappa shape index (κ2) is 6.22. The van der Waals surface area contributed by atoms with E-state index in [4.69, 9.17) is 9.88 Å². The van der Waals surface area contributed by atoms with Crippen LogP contribution >= 0.6 is 0 Å². The van der Waals surface area contributed by atoms with E-state index in [2.05, 4.69) is 10.4 Å². The number of aryl methyl sites for hydroxylation is 1. The van der Waals surface area contributed by atoms with E-state index in [0.29, 0.717) is 11.3 Å². The first kappa shape index (κ1) is 17.3. The lowest BCUT2D eigenvalue weighted by Crippen LogP contribution is -2.17. The van der Waals surface area contributed by atoms with Crippen molar-refractivity contribution in [2.45, 2.75) is 11.5 Å². The van der Waals surface area contributed by atoms with Crippen LogP contribution in [-0.4, -0.2) is 24.1 Å². The number of amides is 1. The minimum absolute atomic E-state index is 0.0271. The van der Waals surface area contributed by atoms with Gasteiger partial charge in [0, 0.05) is 23.9 Å². The van der Waals surface area contributed by atoms with Crippen molar-refractivity contribution in [3.63, 3.8) is 0 Å². The van der Waals surface area contributed by atoms with Crippen LogP contribution in [0.3, 0.4) is 0 Å². The summed E-state index contributed by atoms with van der Waals surface area (Å²) in [4.78, 5) is 12.7. The Balaban J connectivity index is 1.65. The number of fused-ring (bicyclic) bond motifs is 3. The fourth-order valence-corrected chi connectivity index (χ4v) is 3.60. The van der Waals surface area contributed by atoms with Crippen LogP contribution in [0.1, 0.15) is 16.1 Å². The van der Waals surface area contributed by atoms with Crippen molar-refractivity contribution in [1.82, 2.24) is 9.78 Å². The number of carbonyl (C=O) groups is 1. The highest BCUT2D eigenvalue weighted by molar-refractivity contribution is 7.89. The number of anilines is 1. The summed E-state index contributed by atoms with van der Waals surface area (Å²) in [5.74, 6) is 0.344. The van der Waals surface area contributed by atoms with Crippen LogP contribution in [0.4, 0.5) is 5.69 Å². The number of para-hydroxylation sites is 1. The minimum Gasteiger partial charge on any atom is -0.488 e. The van der Waals surface area contributed by atoms with E-state index < -0.39 is 15.9 Å². The number of nitrogens with two attached hydrogens (primary N) is 1. The number of aromatic nitrogens is 2. The van der Waals surface area contributed by atoms with Gasteiger partial charge in [-0.1, -0.05) is 12.1 Å². The molecule has 0 saturated heterocycles. The van der Waals surface area contributed by atoms with Crippen LogP contribution in [0.25, 0.3) is 11.3 Å². The van der Waals surface area contributed by atoms with Gasteiger partial charge in [0.15, 0.2) is 5.69 Å². The molecule has 8 nitrogen and oxygen atoms in total. The maximum Gasteiger partial charge on any atom is 0.276 e. The third kappa shape index (κ3) is 3.07. The smallest absolute Gasteiger partial charge is 0.276 e. The molecule has 138 valence electrons. The topological polar surface area (TPSA) is 116 Å². The van der Waals surface area contributed by atoms with Gasteiger partial charge in [-0.25, -0.2) is 13.6 Å². The normalized spacial score (nSPS) is 12.7. The third-order valence-corrected chi connectivity index (χ3v) is 5.24. The molecule has 4 rings (SSSR count). The molecule has 0 unspecified atom stereocenters. The number of benzene rings is 2. The zero-order valence-electron chi connectivity index (χ0n) is 14.3. The molecule has 0 radical (unpaired) electrons. The summed E-state index contributed by atoms with van der Waals surface area (Å²) in [6.45, 7) is 0.243. The quantitative estimate of drug-likeness (QED) is 0.715. The molecule has 2 heterocycles. The van der Waals surface area contributed by atoms with Gasteiger partial charge in [-0.05, 0) is 36.4 Å². The average Bonchev–Trinajstić information content (AvgIpc) is 2.99. The fraction of sp³-hybridized carbons (Fsp3) is 0.111. The largest absolute Gasteiger partial charge is 0.488 e. The highest BCUT2D eigenvalue weighted by Crippen LogP contribution is 2.38. The van der Waals surface area contributed by atoms with Crippen LogP contribution in [0.2, 0.25) is 0 Å². The number of sulfonamides is 1. The molecule has 0 fully saturated rings. The van der Waals surface area contributed by atoms with Gasteiger partial charge in [-0.2, -0.15) is 5.10 Å². The number of ether oxygens (including phenoxy) is 1. The maximum atomic E-state index is 12.7. The van der Waals surface area contributed by atoms with Crippen LogP contribution in [-0.2, 0) is 23.7 Å². The summed E-state index contributed by atoms with van der Waals surface area (Å²) in [6, 6.07) is 13.2. The zero-order valence-corrected chi connectivity index (χ0v) is 15.2. The number of carbonyl (C=O) groups excluding carboxylic acids is 1. The average molecular weight is 384 g/mol. The molecule has 0 saturated carbocycles. The van der Waals surface area contributed by atoms with Gasteiger partial charge in [0.2, 0.25) is 10.0 Å². The molecule has 0 atom stereocenters. The number of rotatable bonds is 3. The summed E-state index contributed by atoms with van der Waals surface area (Å²) >= 11 is 0. The number of hydrogen-bond donors (Lipinski definition) is 2. The van der Waals surface area contributed by atoms with Gasteiger partial charge in [0.25, 0.3) is 5.91 Å². The first-order valence-corrected chi connectivity index (χ1v) is 9.61. The molecule has 0 spiro atoms. The second-order valence-corrected chi connectivity index (χ2v) is 7.67. The molecule has 1 aromatic heterocycles. The van der Waals surface area contributed by atoms with Gasteiger partial charge in [-0.15, -0.1) is 0 Å². The van der Waals surface area contributed by atoms with Crippen molar-refractivity contribution in [2.75, 3.05) is 5.32 Å². The van der Waals surface area contributed by atoms with E-state index >= 15 is 0 Å². The maximum absolute atomic E-state index is 12.7. The van der Waals surface area contributed by atoms with Crippen LogP contribution < -0.4 is 15.2 Å². The molecular weight excluding hydrogens is 368 g/mol. The Bertz CT molecular complexity index is 1150. The molecule has 3 aromatic rings. The van der Waals surface area contributed by atoms with Crippen molar-refractivity contribution < 1.29 is 17.9 Å². The Labute approximate surface area is 155 Å². The number of nitrogens with zero attached hydrogens (tertiary/aromatic N) is 2. The van der Waals surface area contributed by atoms with Gasteiger partial charge < -0.3 is 10.1 Å². The lowest BCUT2D eigenvalue weighted by Gasteiger charge is -2.18. The van der Waals surface area contributed by atoms with Crippen molar-refractivity contribution in [1.29, 1.82) is 0 Å². The molecular formula is C18H16N4O4S. The van der Waals surface area contributed by atoms with Gasteiger partial charge in [0.1, 0.15) is 12.4 Å². The SMILES string of the molecule is Cn1nc(C(=O)Nc2ccc(S(N)(=O)=O)cc2)c2c1-c1ccccc1OC2. The summed E-state index contributed by atoms with van der Waals surface area (Å²) in [6.07, 6.45) is 0. The van der Waals surface area contributed by atoms with E-state index in [1.54, 1.807) is 11.7 Å². The molecule has 9 heteroatoms. The van der Waals surface area contributed by atoms with E-state index in [0.717, 1.165) is 17.0 Å². The number of nitrogens with one attached hydrogen (secondary N) is 1. The number of hydrogen-bond acceptors (Lipinski definition) is 5. The van der Waals surface area contributed by atoms with Crippen molar-refractivity contribution in [2.24, 2.45) is 12.2 Å². The monoisotopic (exact) mass is 384 g/mol. The molecule has 1 amide bonds. The predicted molar refractivity (Wildman–Crippen MR) is 98.7 cm³/mol. The van der Waals surface area contributed by atoms with Crippen LogP contribution in [0.5, 0.6) is 5.75 Å². The van der Waals surface area contributed by atoms with Crippen LogP contribution in [0.15, 0.2) is 53.4 Å². The minimum atomic E-state index is -3.78. The standard InChI is InChI=1S/C18H16N4O4S/c1-22-17-13-4-2-3-5-15(13)26-10-14(17)16(21-22)18(23)20-11-6-8-12(9-7-11)27(19,24)25/h2-9H,10H2,1H3,(H,20,23)(H2,19,24,25). The molecule has 1 aliphatic rings. The van der Waals surface area contributed by atoms with Crippen LogP contribution in [0, 0.1) is 0 Å². The summed E-state index contributed by atoms with van der Waals surface area (Å²) in [5.41, 5.74) is 3.12. The first-order valence-electron chi connectivity index (χ1n) is 8.07. The summed E-state index contributed by atoms with van der Waals surface area (Å²) in [5, 5.41) is 12.1. The van der Waals surface area contributed by atoms with Crippen molar-refractivity contribution in [3.8, 4) is 17.0 Å². The van der Waals surface area contributed by atoms with E-state index in [9.17, 15) is 13.2 Å². The summed E-state index contributed by atoms with van der Waals surface area (Å²) < 4.78 is 30.0. The van der Waals surface area contributed by atoms with Gasteiger partial charge in [-0.3, -0.25) is 9.48 Å². The molecule has 27 heavy (non-hydrogen) atoms. The Morgan fingerprint density at radius 2 is 1.89 bits per heavy atom. The predicted octanol–water partition coefficient (Wildman–Crippen LogP) is 1.88. The third-order valence-electron chi connectivity index (χ3n) is 4.32. The lowest BCUT2D eigenvalue weighted by molar-refractivity contribution is 0.101. The molecule has 1 aliphatic heterocycles. The Kier molecular flexibility index (Phi) is 3.97. The highest BCUT2D eigenvalue weighted by atomic mass is 32.2. The molecule has 0 bridgehead atoms. The van der Waals surface area contributed by atoms with Crippen molar-refractivity contribution in [3.05, 3.63) is 59.8 Å². The molecule has 2 aromatic carbocycles. The van der Waals surface area contributed by atoms with Gasteiger partial charge >= 0.3 is 0 Å². The van der Waals surface area contributed by atoms with E-state index in [1.165, 1.54) is 24.3 Å². The molecule has 3 N–H and O–H groups in total.